The van der Waals surface area contributed by atoms with Gasteiger partial charge >= 0.3 is 11.8 Å². The molecule has 1 atom stereocenters. The Balaban J connectivity index is 1.82. The van der Waals surface area contributed by atoms with Gasteiger partial charge < -0.3 is 25.2 Å². The number of ether oxygens (including phenoxy) is 2. The lowest BCUT2D eigenvalue weighted by atomic mass is 9.99. The van der Waals surface area contributed by atoms with E-state index in [9.17, 15) is 20.0 Å². The van der Waals surface area contributed by atoms with Crippen molar-refractivity contribution < 1.29 is 28.6 Å². The number of hydrogen-bond acceptors (Lipinski definition) is 11. The third-order valence-corrected chi connectivity index (χ3v) is 6.66. The number of aromatic amines is 1. The molecule has 0 bridgehead atoms. The summed E-state index contributed by atoms with van der Waals surface area (Å²) in [6, 6.07) is 12.3. The summed E-state index contributed by atoms with van der Waals surface area (Å²) < 4.78 is 28.0. The van der Waals surface area contributed by atoms with E-state index >= 15 is 4.39 Å². The van der Waals surface area contributed by atoms with Crippen LogP contribution in [0.15, 0.2) is 53.5 Å². The van der Waals surface area contributed by atoms with Gasteiger partial charge in [0.15, 0.2) is 23.2 Å². The molecule has 15 heteroatoms. The van der Waals surface area contributed by atoms with Gasteiger partial charge in [0.25, 0.3) is 0 Å². The Morgan fingerprint density at radius 1 is 1.23 bits per heavy atom. The van der Waals surface area contributed by atoms with Gasteiger partial charge in [0.2, 0.25) is 0 Å². The molecule has 248 valence electrons. The van der Waals surface area contributed by atoms with E-state index in [0.717, 1.165) is 10.2 Å². The Hall–Kier alpha value is -5.46. The van der Waals surface area contributed by atoms with Crippen molar-refractivity contribution in [2.45, 2.75) is 52.3 Å². The van der Waals surface area contributed by atoms with E-state index in [1.165, 1.54) is 13.3 Å². The molecule has 4 rings (SSSR count). The molecule has 0 saturated carbocycles. The molecule has 0 radical (unpaired) electrons. The highest BCUT2D eigenvalue weighted by Crippen LogP contribution is 2.33. The largest absolute Gasteiger partial charge is 0.488 e. The minimum atomic E-state index is -1.10. The fraction of sp³-hybridized carbons (Fsp3) is 0.344. The molecular weight excluding hydrogens is 611 g/mol. The first-order valence-corrected chi connectivity index (χ1v) is 14.7. The third kappa shape index (κ3) is 8.63. The summed E-state index contributed by atoms with van der Waals surface area (Å²) in [5.41, 5.74) is 3.63. The zero-order valence-corrected chi connectivity index (χ0v) is 26.7. The number of rotatable bonds is 13. The topological polar surface area (TPSA) is 188 Å². The van der Waals surface area contributed by atoms with Crippen LogP contribution in [0, 0.1) is 17.1 Å². The van der Waals surface area contributed by atoms with E-state index in [-0.39, 0.29) is 42.7 Å². The van der Waals surface area contributed by atoms with Crippen LogP contribution in [-0.2, 0) is 22.5 Å². The number of nitrogens with one attached hydrogen (secondary N) is 4. The molecule has 4 aromatic rings. The van der Waals surface area contributed by atoms with E-state index in [1.54, 1.807) is 63.2 Å². The van der Waals surface area contributed by atoms with Gasteiger partial charge in [-0.3, -0.25) is 15.3 Å². The summed E-state index contributed by atoms with van der Waals surface area (Å²) >= 11 is 0. The van der Waals surface area contributed by atoms with Crippen molar-refractivity contribution in [2.75, 3.05) is 31.1 Å². The van der Waals surface area contributed by atoms with Gasteiger partial charge in [-0.05, 0) is 74.7 Å². The molecule has 2 aromatic heterocycles. The normalized spacial score (nSPS) is 11.8. The van der Waals surface area contributed by atoms with E-state index in [0.29, 0.717) is 28.9 Å². The number of aryl methyl sites for hydroxylation is 1. The fourth-order valence-electron chi connectivity index (χ4n) is 4.60. The standard InChI is InChI=1S/C32H37FN8O6/c1-6-19-14-23(26(33)25(15-19)46-13-12-42)27(28-38-30(43)41(39-28)29-24(40-45-5)8-7-11-35-29)37-22-10-9-20(17-34)21(16-22)18-36-31(44)47-32(2,3)4/h7-11,14-16,27,37,40,42H,6,12-13,18H2,1-5H3,(H,36,44)(H,38,39,43). The van der Waals surface area contributed by atoms with E-state index in [1.807, 2.05) is 6.92 Å². The van der Waals surface area contributed by atoms with Gasteiger partial charge in [-0.25, -0.2) is 19.0 Å². The Kier molecular flexibility index (Phi) is 11.1. The number of pyridine rings is 1. The molecule has 1 unspecified atom stereocenters. The summed E-state index contributed by atoms with van der Waals surface area (Å²) in [5.74, 6) is -0.657. The highest BCUT2D eigenvalue weighted by Gasteiger charge is 2.27. The van der Waals surface area contributed by atoms with Crippen LogP contribution in [-0.4, -0.2) is 56.9 Å². The van der Waals surface area contributed by atoms with Gasteiger partial charge in [0.05, 0.1) is 25.3 Å². The molecule has 0 aliphatic carbocycles. The first-order valence-electron chi connectivity index (χ1n) is 14.7. The second kappa shape index (κ2) is 15.2. The average molecular weight is 649 g/mol. The number of carbonyl (C=O) groups excluding carboxylic acids is 1. The predicted octanol–water partition coefficient (Wildman–Crippen LogP) is 4.10. The number of nitriles is 1. The number of anilines is 2. The summed E-state index contributed by atoms with van der Waals surface area (Å²) in [6.07, 6.45) is 1.34. The number of nitrogens with zero attached hydrogens (tertiary/aromatic N) is 4. The average Bonchev–Trinajstić information content (AvgIpc) is 3.42. The Labute approximate surface area is 270 Å². The maximum absolute atomic E-state index is 16.2. The number of aromatic nitrogens is 4. The number of amides is 1. The SMILES string of the molecule is CCc1cc(OCCO)c(F)c(C(Nc2ccc(C#N)c(CNC(=O)OC(C)(C)C)c2)c2nn(-c3ncccc3NOC)c(=O)[nH]2)c1. The molecule has 14 nitrogen and oxygen atoms in total. The first-order chi connectivity index (χ1) is 22.5. The predicted molar refractivity (Wildman–Crippen MR) is 171 cm³/mol. The number of H-pyrrole nitrogens is 1. The molecule has 2 heterocycles. The zero-order valence-electron chi connectivity index (χ0n) is 26.7. The van der Waals surface area contributed by atoms with Crippen molar-refractivity contribution in [2.24, 2.45) is 0 Å². The van der Waals surface area contributed by atoms with Crippen molar-refractivity contribution in [1.29, 1.82) is 5.26 Å². The lowest BCUT2D eigenvalue weighted by Crippen LogP contribution is -2.32. The molecule has 0 aliphatic heterocycles. The van der Waals surface area contributed by atoms with Crippen LogP contribution in [0.3, 0.4) is 0 Å². The second-order valence-electron chi connectivity index (χ2n) is 11.2. The zero-order chi connectivity index (χ0) is 34.1. The van der Waals surface area contributed by atoms with Crippen molar-refractivity contribution in [3.05, 3.63) is 93.0 Å². The summed E-state index contributed by atoms with van der Waals surface area (Å²) in [4.78, 5) is 37.6. The Morgan fingerprint density at radius 2 is 2.02 bits per heavy atom. The Morgan fingerprint density at radius 3 is 2.70 bits per heavy atom. The fourth-order valence-corrected chi connectivity index (χ4v) is 4.60. The molecule has 5 N–H and O–H groups in total. The van der Waals surface area contributed by atoms with Crippen LogP contribution in [0.2, 0.25) is 0 Å². The number of benzene rings is 2. The number of alkyl carbamates (subject to hydrolysis) is 1. The molecular formula is C32H37FN8O6. The van der Waals surface area contributed by atoms with Crippen molar-refractivity contribution >= 4 is 17.5 Å². The van der Waals surface area contributed by atoms with Gasteiger partial charge in [-0.15, -0.1) is 5.10 Å². The third-order valence-electron chi connectivity index (χ3n) is 6.66. The number of aliphatic hydroxyl groups is 1. The van der Waals surface area contributed by atoms with E-state index in [2.05, 4.69) is 37.2 Å². The smallest absolute Gasteiger partial charge is 0.407 e. The maximum Gasteiger partial charge on any atom is 0.407 e. The molecule has 47 heavy (non-hydrogen) atoms. The lowest BCUT2D eigenvalue weighted by Gasteiger charge is -2.22. The minimum absolute atomic E-state index is 0.0297. The van der Waals surface area contributed by atoms with Crippen LogP contribution in [0.5, 0.6) is 5.75 Å². The number of carbonyl (C=O) groups is 1. The summed E-state index contributed by atoms with van der Waals surface area (Å²) in [6.45, 7) is 6.61. The van der Waals surface area contributed by atoms with Gasteiger partial charge in [-0.2, -0.15) is 9.94 Å². The van der Waals surface area contributed by atoms with Crippen LogP contribution >= 0.6 is 0 Å². The van der Waals surface area contributed by atoms with Crippen LogP contribution < -0.4 is 26.5 Å². The molecule has 0 fully saturated rings. The maximum atomic E-state index is 16.2. The van der Waals surface area contributed by atoms with Crippen LogP contribution in [0.25, 0.3) is 5.82 Å². The van der Waals surface area contributed by atoms with Crippen molar-refractivity contribution in [3.63, 3.8) is 0 Å². The molecule has 0 aliphatic rings. The summed E-state index contributed by atoms with van der Waals surface area (Å²) in [5, 5.41) is 29.4. The van der Waals surface area contributed by atoms with Gasteiger partial charge in [0, 0.05) is 24.0 Å². The molecule has 0 spiro atoms. The monoisotopic (exact) mass is 648 g/mol. The Bertz CT molecular complexity index is 1810. The highest BCUT2D eigenvalue weighted by molar-refractivity contribution is 5.68. The van der Waals surface area contributed by atoms with E-state index < -0.39 is 29.2 Å². The first kappa shape index (κ1) is 34.4. The van der Waals surface area contributed by atoms with Gasteiger partial charge in [0.1, 0.15) is 23.9 Å². The van der Waals surface area contributed by atoms with Crippen molar-refractivity contribution in [1.82, 2.24) is 25.1 Å². The van der Waals surface area contributed by atoms with E-state index in [4.69, 9.17) is 14.3 Å². The van der Waals surface area contributed by atoms with Gasteiger partial charge in [-0.1, -0.05) is 13.0 Å². The number of halogens is 1. The molecule has 0 saturated heterocycles. The second-order valence-corrected chi connectivity index (χ2v) is 11.2. The molecule has 2 aromatic carbocycles. The minimum Gasteiger partial charge on any atom is -0.488 e. The number of aliphatic hydroxyl groups excluding tert-OH is 1. The van der Waals surface area contributed by atoms with Crippen molar-refractivity contribution in [3.8, 4) is 17.6 Å². The number of hydrogen-bond donors (Lipinski definition) is 5. The lowest BCUT2D eigenvalue weighted by molar-refractivity contribution is 0.0523. The quantitative estimate of drug-likeness (QED) is 0.131. The van der Waals surface area contributed by atoms with Crippen LogP contribution in [0.1, 0.15) is 61.8 Å². The summed E-state index contributed by atoms with van der Waals surface area (Å²) in [7, 11) is 1.41. The highest BCUT2D eigenvalue weighted by atomic mass is 19.1. The van der Waals surface area contributed by atoms with Crippen LogP contribution in [0.4, 0.5) is 20.6 Å². The molecule has 1 amide bonds.